The monoisotopic (exact) mass is 370 g/mol. The number of nitrogens with one attached hydrogen (secondary N) is 2. The molecule has 0 unspecified atom stereocenters. The summed E-state index contributed by atoms with van der Waals surface area (Å²) in [6, 6.07) is 7.39. The molecule has 1 aliphatic rings. The first-order valence-corrected chi connectivity index (χ1v) is 9.95. The van der Waals surface area contributed by atoms with Gasteiger partial charge in [0.2, 0.25) is 10.0 Å². The van der Waals surface area contributed by atoms with Gasteiger partial charge in [-0.15, -0.1) is 0 Å². The van der Waals surface area contributed by atoms with Crippen LogP contribution in [0.2, 0.25) is 0 Å². The van der Waals surface area contributed by atoms with Crippen LogP contribution in [0.15, 0.2) is 24.3 Å². The van der Waals surface area contributed by atoms with E-state index >= 15 is 0 Å². The van der Waals surface area contributed by atoms with E-state index in [9.17, 15) is 13.2 Å². The first kappa shape index (κ1) is 19.3. The van der Waals surface area contributed by atoms with Gasteiger partial charge in [-0.25, -0.2) is 13.2 Å². The van der Waals surface area contributed by atoms with Gasteiger partial charge in [-0.3, -0.25) is 0 Å². The molecule has 140 valence electrons. The van der Waals surface area contributed by atoms with Gasteiger partial charge < -0.3 is 20.3 Å². The number of hydrogen-bond acceptors (Lipinski definition) is 5. The molecule has 2 rings (SSSR count). The van der Waals surface area contributed by atoms with E-state index in [1.165, 1.54) is 4.31 Å². The van der Waals surface area contributed by atoms with Gasteiger partial charge in [-0.2, -0.15) is 4.31 Å². The van der Waals surface area contributed by atoms with Crippen LogP contribution < -0.4 is 20.3 Å². The first-order chi connectivity index (χ1) is 12.0. The largest absolute Gasteiger partial charge is 0.497 e. The standard InChI is InChI=1S/C16H26N4O4S/c1-3-17-16(21)18-8-13-25(22,23)20-11-9-19(10-12-20)14-4-6-15(24-2)7-5-14/h4-7H,3,8-13H2,1-2H3,(H2,17,18,21). The normalized spacial score (nSPS) is 15.7. The van der Waals surface area contributed by atoms with Crippen LogP contribution in [-0.2, 0) is 10.0 Å². The van der Waals surface area contributed by atoms with Crippen LogP contribution in [0.4, 0.5) is 10.5 Å². The zero-order valence-electron chi connectivity index (χ0n) is 14.7. The summed E-state index contributed by atoms with van der Waals surface area (Å²) in [4.78, 5) is 13.5. The van der Waals surface area contributed by atoms with E-state index in [2.05, 4.69) is 15.5 Å². The number of nitrogens with zero attached hydrogens (tertiary/aromatic N) is 2. The van der Waals surface area contributed by atoms with Gasteiger partial charge in [-0.05, 0) is 31.2 Å². The number of amides is 2. The molecule has 8 nitrogen and oxygen atoms in total. The van der Waals surface area contributed by atoms with E-state index < -0.39 is 10.0 Å². The van der Waals surface area contributed by atoms with E-state index in [-0.39, 0.29) is 18.3 Å². The van der Waals surface area contributed by atoms with Crippen LogP contribution in [0.1, 0.15) is 6.92 Å². The number of ether oxygens (including phenoxy) is 1. The Kier molecular flexibility index (Phi) is 6.89. The summed E-state index contributed by atoms with van der Waals surface area (Å²) in [6.45, 7) is 4.56. The van der Waals surface area contributed by atoms with Crippen molar-refractivity contribution in [2.24, 2.45) is 0 Å². The molecule has 0 saturated carbocycles. The number of benzene rings is 1. The minimum atomic E-state index is -3.37. The lowest BCUT2D eigenvalue weighted by atomic mass is 10.2. The maximum Gasteiger partial charge on any atom is 0.314 e. The van der Waals surface area contributed by atoms with Gasteiger partial charge in [0, 0.05) is 45.0 Å². The van der Waals surface area contributed by atoms with E-state index in [1.807, 2.05) is 24.3 Å². The second-order valence-corrected chi connectivity index (χ2v) is 7.77. The van der Waals surface area contributed by atoms with Crippen molar-refractivity contribution in [3.05, 3.63) is 24.3 Å². The van der Waals surface area contributed by atoms with Crippen molar-refractivity contribution in [1.29, 1.82) is 0 Å². The molecule has 1 aromatic carbocycles. The van der Waals surface area contributed by atoms with Crippen LogP contribution in [0.3, 0.4) is 0 Å². The average molecular weight is 370 g/mol. The molecule has 1 saturated heterocycles. The number of carbonyl (C=O) groups excluding carboxylic acids is 1. The van der Waals surface area contributed by atoms with E-state index in [1.54, 1.807) is 14.0 Å². The third kappa shape index (κ3) is 5.50. The Morgan fingerprint density at radius 1 is 1.12 bits per heavy atom. The molecule has 0 bridgehead atoms. The smallest absolute Gasteiger partial charge is 0.314 e. The lowest BCUT2D eigenvalue weighted by Crippen LogP contribution is -2.50. The number of methoxy groups -OCH3 is 1. The minimum Gasteiger partial charge on any atom is -0.497 e. The predicted molar refractivity (Wildman–Crippen MR) is 97.6 cm³/mol. The van der Waals surface area contributed by atoms with E-state index in [4.69, 9.17) is 4.74 Å². The Hall–Kier alpha value is -2.00. The fraction of sp³-hybridized carbons (Fsp3) is 0.562. The van der Waals surface area contributed by atoms with Crippen LogP contribution in [0.25, 0.3) is 0 Å². The maximum atomic E-state index is 12.4. The average Bonchev–Trinajstić information content (AvgIpc) is 2.62. The van der Waals surface area contributed by atoms with Gasteiger partial charge in [0.05, 0.1) is 12.9 Å². The fourth-order valence-electron chi connectivity index (χ4n) is 2.66. The number of sulfonamides is 1. The summed E-state index contributed by atoms with van der Waals surface area (Å²) in [5.41, 5.74) is 1.05. The lowest BCUT2D eigenvalue weighted by molar-refractivity contribution is 0.242. The third-order valence-electron chi connectivity index (χ3n) is 4.05. The Bertz CT molecular complexity index is 655. The van der Waals surface area contributed by atoms with Crippen molar-refractivity contribution in [3.63, 3.8) is 0 Å². The molecule has 1 fully saturated rings. The molecule has 1 aromatic rings. The van der Waals surface area contributed by atoms with Crippen molar-refractivity contribution in [3.8, 4) is 5.75 Å². The molecule has 2 amide bonds. The van der Waals surface area contributed by atoms with Gasteiger partial charge in [-0.1, -0.05) is 0 Å². The van der Waals surface area contributed by atoms with Crippen molar-refractivity contribution in [2.45, 2.75) is 6.92 Å². The number of anilines is 1. The molecule has 0 atom stereocenters. The summed E-state index contributed by atoms with van der Waals surface area (Å²) >= 11 is 0. The highest BCUT2D eigenvalue weighted by atomic mass is 32.2. The summed E-state index contributed by atoms with van der Waals surface area (Å²) in [5.74, 6) is 0.705. The molecule has 0 aliphatic carbocycles. The van der Waals surface area contributed by atoms with E-state index in [0.717, 1.165) is 11.4 Å². The first-order valence-electron chi connectivity index (χ1n) is 8.35. The zero-order valence-corrected chi connectivity index (χ0v) is 15.5. The number of urea groups is 1. The predicted octanol–water partition coefficient (Wildman–Crippen LogP) is 0.466. The Balaban J connectivity index is 1.82. The number of hydrogen-bond donors (Lipinski definition) is 2. The molecule has 1 heterocycles. The highest BCUT2D eigenvalue weighted by Crippen LogP contribution is 2.21. The van der Waals surface area contributed by atoms with Crippen molar-refractivity contribution in [2.75, 3.05) is 57.0 Å². The summed E-state index contributed by atoms with van der Waals surface area (Å²) < 4.78 is 31.4. The minimum absolute atomic E-state index is 0.0906. The fourth-order valence-corrected chi connectivity index (χ4v) is 4.00. The topological polar surface area (TPSA) is 91.0 Å². The summed E-state index contributed by atoms with van der Waals surface area (Å²) in [7, 11) is -1.74. The van der Waals surface area contributed by atoms with Crippen molar-refractivity contribution < 1.29 is 17.9 Å². The lowest BCUT2D eigenvalue weighted by Gasteiger charge is -2.35. The number of carbonyl (C=O) groups is 1. The third-order valence-corrected chi connectivity index (χ3v) is 5.92. The van der Waals surface area contributed by atoms with Crippen LogP contribution >= 0.6 is 0 Å². The second-order valence-electron chi connectivity index (χ2n) is 5.69. The molecule has 9 heteroatoms. The highest BCUT2D eigenvalue weighted by Gasteiger charge is 2.26. The molecule has 0 aromatic heterocycles. The van der Waals surface area contributed by atoms with Crippen LogP contribution in [-0.4, -0.2) is 70.9 Å². The summed E-state index contributed by atoms with van der Waals surface area (Å²) in [5, 5.41) is 5.12. The molecule has 2 N–H and O–H groups in total. The van der Waals surface area contributed by atoms with Crippen LogP contribution in [0, 0.1) is 0 Å². The second kappa shape index (κ2) is 8.91. The van der Waals surface area contributed by atoms with Gasteiger partial charge >= 0.3 is 6.03 Å². The molecule has 25 heavy (non-hydrogen) atoms. The quantitative estimate of drug-likeness (QED) is 0.728. The van der Waals surface area contributed by atoms with Gasteiger partial charge in [0.25, 0.3) is 0 Å². The van der Waals surface area contributed by atoms with Gasteiger partial charge in [0.1, 0.15) is 5.75 Å². The Labute approximate surface area is 149 Å². The Morgan fingerprint density at radius 3 is 2.32 bits per heavy atom. The molecular weight excluding hydrogens is 344 g/mol. The molecule has 0 radical (unpaired) electrons. The highest BCUT2D eigenvalue weighted by molar-refractivity contribution is 7.89. The molecule has 0 spiro atoms. The van der Waals surface area contributed by atoms with Crippen molar-refractivity contribution in [1.82, 2.24) is 14.9 Å². The number of rotatable bonds is 7. The zero-order chi connectivity index (χ0) is 18.3. The Morgan fingerprint density at radius 2 is 1.76 bits per heavy atom. The van der Waals surface area contributed by atoms with Crippen molar-refractivity contribution >= 4 is 21.7 Å². The molecule has 1 aliphatic heterocycles. The number of piperazine rings is 1. The van der Waals surface area contributed by atoms with E-state index in [0.29, 0.717) is 32.7 Å². The van der Waals surface area contributed by atoms with Gasteiger partial charge in [0.15, 0.2) is 0 Å². The SMILES string of the molecule is CCNC(=O)NCCS(=O)(=O)N1CCN(c2ccc(OC)cc2)CC1. The molecular formula is C16H26N4O4S. The maximum absolute atomic E-state index is 12.4. The van der Waals surface area contributed by atoms with Crippen LogP contribution in [0.5, 0.6) is 5.75 Å². The summed E-state index contributed by atoms with van der Waals surface area (Å²) in [6.07, 6.45) is 0.